The Morgan fingerprint density at radius 2 is 1.62 bits per heavy atom. The van der Waals surface area contributed by atoms with Crippen LogP contribution < -0.4 is 4.74 Å². The minimum Gasteiger partial charge on any atom is -0.493 e. The van der Waals surface area contributed by atoms with Crippen LogP contribution in [-0.2, 0) is 14.9 Å². The second-order valence-electron chi connectivity index (χ2n) is 12.1. The molecule has 1 N–H and O–H groups in total. The van der Waals surface area contributed by atoms with E-state index in [1.807, 2.05) is 25.1 Å². The first-order chi connectivity index (χ1) is 18.9. The predicted molar refractivity (Wildman–Crippen MR) is 152 cm³/mol. The van der Waals surface area contributed by atoms with Gasteiger partial charge in [0.05, 0.1) is 18.8 Å². The van der Waals surface area contributed by atoms with Gasteiger partial charge in [0.15, 0.2) is 0 Å². The molecule has 4 fully saturated rings. The highest BCUT2D eigenvalue weighted by atomic mass is 16.5. The van der Waals surface area contributed by atoms with E-state index in [9.17, 15) is 14.7 Å². The average molecular weight is 527 g/mol. The number of rotatable bonds is 10. The normalized spacial score (nSPS) is 25.1. The molecule has 204 valence electrons. The number of hydrogen-bond acceptors (Lipinski definition) is 4. The molecule has 0 unspecified atom stereocenters. The van der Waals surface area contributed by atoms with Crippen molar-refractivity contribution in [1.82, 2.24) is 0 Å². The van der Waals surface area contributed by atoms with Crippen LogP contribution in [0.2, 0.25) is 0 Å². The summed E-state index contributed by atoms with van der Waals surface area (Å²) in [5.74, 6) is 2.39. The van der Waals surface area contributed by atoms with Crippen molar-refractivity contribution in [3.63, 3.8) is 0 Å². The standard InChI is InChI=1S/C34H38O5/c1-2-38-32(35)9-5-6-12-39-31-18-25-10-11-26(28-7-3-4-8-29(28)33(36)37)16-27(25)17-30(31)34-19-22-13-23(20-34)15-24(14-22)21-34/h3-4,7-8,10-11,16-18,22-24H,2,5-6,9,12-15,19-21H2,1H3,(H,36,37). The van der Waals surface area contributed by atoms with Crippen LogP contribution in [-0.4, -0.2) is 30.3 Å². The minimum atomic E-state index is -0.911. The van der Waals surface area contributed by atoms with Crippen LogP contribution in [0.15, 0.2) is 54.6 Å². The second-order valence-corrected chi connectivity index (χ2v) is 12.1. The SMILES string of the molecule is CCOC(=O)CCCCOc1cc2ccc(-c3ccccc3C(=O)O)cc2cc1C12CC3CC(CC(C3)C1)C2. The zero-order valence-electron chi connectivity index (χ0n) is 22.8. The molecule has 4 aliphatic carbocycles. The Morgan fingerprint density at radius 3 is 2.31 bits per heavy atom. The van der Waals surface area contributed by atoms with Crippen LogP contribution in [0.3, 0.4) is 0 Å². The van der Waals surface area contributed by atoms with Crippen molar-refractivity contribution >= 4 is 22.7 Å². The number of benzene rings is 3. The third kappa shape index (κ3) is 5.16. The molecule has 4 bridgehead atoms. The molecular formula is C34H38O5. The number of ether oxygens (including phenoxy) is 2. The maximum Gasteiger partial charge on any atom is 0.336 e. The molecule has 39 heavy (non-hydrogen) atoms. The Morgan fingerprint density at radius 1 is 0.897 bits per heavy atom. The number of carboxylic acids is 1. The summed E-state index contributed by atoms with van der Waals surface area (Å²) in [6.45, 7) is 2.83. The lowest BCUT2D eigenvalue weighted by Crippen LogP contribution is -2.48. The number of carbonyl (C=O) groups is 2. The van der Waals surface area contributed by atoms with Crippen LogP contribution >= 0.6 is 0 Å². The maximum atomic E-state index is 11.9. The lowest BCUT2D eigenvalue weighted by molar-refractivity contribution is -0.143. The van der Waals surface area contributed by atoms with Crippen molar-refractivity contribution in [2.45, 2.75) is 70.1 Å². The van der Waals surface area contributed by atoms with Crippen molar-refractivity contribution in [1.29, 1.82) is 0 Å². The van der Waals surface area contributed by atoms with Gasteiger partial charge in [-0.05, 0) is 128 Å². The van der Waals surface area contributed by atoms with Gasteiger partial charge in [-0.3, -0.25) is 4.79 Å². The molecule has 4 aliphatic rings. The van der Waals surface area contributed by atoms with Crippen molar-refractivity contribution in [3.05, 3.63) is 65.7 Å². The van der Waals surface area contributed by atoms with Gasteiger partial charge in [0.25, 0.3) is 0 Å². The fraction of sp³-hybridized carbons (Fsp3) is 0.471. The molecule has 3 aromatic rings. The van der Waals surface area contributed by atoms with Gasteiger partial charge in [-0.2, -0.15) is 0 Å². The lowest BCUT2D eigenvalue weighted by Gasteiger charge is -2.57. The molecule has 0 heterocycles. The first kappa shape index (κ1) is 25.9. The third-order valence-electron chi connectivity index (χ3n) is 9.35. The van der Waals surface area contributed by atoms with Gasteiger partial charge in [0, 0.05) is 12.0 Å². The number of esters is 1. The van der Waals surface area contributed by atoms with Crippen LogP contribution in [0.5, 0.6) is 5.75 Å². The Hall–Kier alpha value is -3.34. The summed E-state index contributed by atoms with van der Waals surface area (Å²) in [5, 5.41) is 12.0. The monoisotopic (exact) mass is 526 g/mol. The second kappa shape index (κ2) is 10.7. The number of unbranched alkanes of at least 4 members (excludes halogenated alkanes) is 1. The van der Waals surface area contributed by atoms with Gasteiger partial charge in [-0.1, -0.05) is 30.3 Å². The fourth-order valence-electron chi connectivity index (χ4n) is 8.13. The molecule has 0 spiro atoms. The van der Waals surface area contributed by atoms with E-state index >= 15 is 0 Å². The summed E-state index contributed by atoms with van der Waals surface area (Å²) in [4.78, 5) is 23.6. The molecule has 0 saturated heterocycles. The van der Waals surface area contributed by atoms with Gasteiger partial charge < -0.3 is 14.6 Å². The van der Waals surface area contributed by atoms with E-state index in [2.05, 4.69) is 24.3 Å². The molecular weight excluding hydrogens is 488 g/mol. The van der Waals surface area contributed by atoms with E-state index in [0.29, 0.717) is 25.2 Å². The highest BCUT2D eigenvalue weighted by molar-refractivity contribution is 5.98. The largest absolute Gasteiger partial charge is 0.493 e. The van der Waals surface area contributed by atoms with E-state index < -0.39 is 5.97 Å². The van der Waals surface area contributed by atoms with Gasteiger partial charge in [0.2, 0.25) is 0 Å². The van der Waals surface area contributed by atoms with Gasteiger partial charge >= 0.3 is 11.9 Å². The molecule has 0 atom stereocenters. The molecule has 0 radical (unpaired) electrons. The van der Waals surface area contributed by atoms with Crippen molar-refractivity contribution in [2.75, 3.05) is 13.2 Å². The van der Waals surface area contributed by atoms with Crippen molar-refractivity contribution in [2.24, 2.45) is 17.8 Å². The zero-order valence-corrected chi connectivity index (χ0v) is 22.8. The number of hydrogen-bond donors (Lipinski definition) is 1. The lowest BCUT2D eigenvalue weighted by atomic mass is 9.48. The molecule has 0 aliphatic heterocycles. The Balaban J connectivity index is 1.34. The molecule has 5 heteroatoms. The molecule has 7 rings (SSSR count). The topological polar surface area (TPSA) is 72.8 Å². The van der Waals surface area contributed by atoms with E-state index in [1.54, 1.807) is 12.1 Å². The Bertz CT molecular complexity index is 1350. The highest BCUT2D eigenvalue weighted by Crippen LogP contribution is 2.62. The van der Waals surface area contributed by atoms with Crippen LogP contribution in [0.1, 0.15) is 80.6 Å². The van der Waals surface area contributed by atoms with Crippen LogP contribution in [0.4, 0.5) is 0 Å². The van der Waals surface area contributed by atoms with E-state index in [0.717, 1.165) is 58.2 Å². The third-order valence-corrected chi connectivity index (χ3v) is 9.35. The van der Waals surface area contributed by atoms with Crippen molar-refractivity contribution < 1.29 is 24.2 Å². The van der Waals surface area contributed by atoms with Crippen LogP contribution in [0.25, 0.3) is 21.9 Å². The van der Waals surface area contributed by atoms with Gasteiger partial charge in [-0.25, -0.2) is 4.79 Å². The first-order valence-electron chi connectivity index (χ1n) is 14.6. The summed E-state index contributed by atoms with van der Waals surface area (Å²) in [5.41, 5.74) is 3.48. The van der Waals surface area contributed by atoms with Crippen LogP contribution in [0, 0.1) is 17.8 Å². The summed E-state index contributed by atoms with van der Waals surface area (Å²) in [6.07, 6.45) is 9.86. The Labute approximate surface area is 230 Å². The average Bonchev–Trinajstić information content (AvgIpc) is 2.91. The quantitative estimate of drug-likeness (QED) is 0.216. The number of aromatic carboxylic acids is 1. The summed E-state index contributed by atoms with van der Waals surface area (Å²) < 4.78 is 11.6. The smallest absolute Gasteiger partial charge is 0.336 e. The summed E-state index contributed by atoms with van der Waals surface area (Å²) in [6, 6.07) is 18.0. The number of fused-ring (bicyclic) bond motifs is 1. The van der Waals surface area contributed by atoms with E-state index in [-0.39, 0.29) is 11.4 Å². The number of carbonyl (C=O) groups excluding carboxylic acids is 1. The molecule has 0 aromatic heterocycles. The summed E-state index contributed by atoms with van der Waals surface area (Å²) in [7, 11) is 0. The minimum absolute atomic E-state index is 0.141. The zero-order chi connectivity index (χ0) is 27.0. The Kier molecular flexibility index (Phi) is 7.09. The van der Waals surface area contributed by atoms with Gasteiger partial charge in [0.1, 0.15) is 5.75 Å². The molecule has 5 nitrogen and oxygen atoms in total. The summed E-state index contributed by atoms with van der Waals surface area (Å²) >= 11 is 0. The predicted octanol–water partition coefficient (Wildman–Crippen LogP) is 7.79. The molecule has 0 amide bonds. The molecule has 4 saturated carbocycles. The van der Waals surface area contributed by atoms with Crippen molar-refractivity contribution in [3.8, 4) is 16.9 Å². The first-order valence-corrected chi connectivity index (χ1v) is 14.6. The highest BCUT2D eigenvalue weighted by Gasteiger charge is 2.52. The van der Waals surface area contributed by atoms with E-state index in [4.69, 9.17) is 9.47 Å². The van der Waals surface area contributed by atoms with Gasteiger partial charge in [-0.15, -0.1) is 0 Å². The maximum absolute atomic E-state index is 11.9. The van der Waals surface area contributed by atoms with E-state index in [1.165, 1.54) is 44.1 Å². The number of carboxylic acid groups (broad SMARTS) is 1. The molecule has 3 aromatic carbocycles. The fourth-order valence-corrected chi connectivity index (χ4v) is 8.13.